The zero-order valence-electron chi connectivity index (χ0n) is 13.5. The van der Waals surface area contributed by atoms with Crippen LogP contribution in [0, 0.1) is 0 Å². The van der Waals surface area contributed by atoms with E-state index in [2.05, 4.69) is 4.74 Å². The van der Waals surface area contributed by atoms with E-state index in [1.54, 1.807) is 14.0 Å². The fraction of sp³-hybridized carbons (Fsp3) is 0.500. The van der Waals surface area contributed by atoms with Crippen molar-refractivity contribution in [1.82, 2.24) is 4.90 Å². The number of nitrogens with zero attached hydrogens (tertiary/aromatic N) is 1. The van der Waals surface area contributed by atoms with Gasteiger partial charge in [0.2, 0.25) is 0 Å². The molecule has 6 nitrogen and oxygen atoms in total. The Bertz CT molecular complexity index is 568. The van der Waals surface area contributed by atoms with Crippen LogP contribution in [0.15, 0.2) is 6.07 Å². The molecule has 0 aliphatic carbocycles. The van der Waals surface area contributed by atoms with Gasteiger partial charge in [-0.05, 0) is 24.0 Å². The molecule has 0 atom stereocenters. The van der Waals surface area contributed by atoms with Crippen molar-refractivity contribution in [3.05, 3.63) is 22.8 Å². The highest BCUT2D eigenvalue weighted by Crippen LogP contribution is 2.34. The Morgan fingerprint density at radius 3 is 2.32 bits per heavy atom. The van der Waals surface area contributed by atoms with Gasteiger partial charge in [0, 0.05) is 19.7 Å². The van der Waals surface area contributed by atoms with Crippen molar-refractivity contribution >= 4 is 11.9 Å². The zero-order valence-corrected chi connectivity index (χ0v) is 13.5. The minimum absolute atomic E-state index is 0.0519. The Labute approximate surface area is 130 Å². The van der Waals surface area contributed by atoms with Gasteiger partial charge in [-0.1, -0.05) is 13.8 Å². The summed E-state index contributed by atoms with van der Waals surface area (Å²) < 4.78 is 4.65. The van der Waals surface area contributed by atoms with Crippen LogP contribution in [0.25, 0.3) is 0 Å². The summed E-state index contributed by atoms with van der Waals surface area (Å²) in [4.78, 5) is 25.7. The number of rotatable bonds is 6. The Morgan fingerprint density at radius 1 is 1.18 bits per heavy atom. The predicted molar refractivity (Wildman–Crippen MR) is 82.1 cm³/mol. The second-order valence-corrected chi connectivity index (χ2v) is 5.08. The number of carbonyl (C=O) groups is 2. The van der Waals surface area contributed by atoms with Crippen LogP contribution >= 0.6 is 0 Å². The van der Waals surface area contributed by atoms with Crippen molar-refractivity contribution < 1.29 is 24.5 Å². The highest BCUT2D eigenvalue weighted by Gasteiger charge is 2.25. The van der Waals surface area contributed by atoms with E-state index < -0.39 is 5.97 Å². The van der Waals surface area contributed by atoms with Crippen LogP contribution in [0.2, 0.25) is 0 Å². The number of phenols is 2. The number of methoxy groups -OCH3 is 1. The van der Waals surface area contributed by atoms with E-state index in [9.17, 15) is 19.8 Å². The molecule has 6 heteroatoms. The van der Waals surface area contributed by atoms with Crippen molar-refractivity contribution in [2.45, 2.75) is 33.1 Å². The van der Waals surface area contributed by atoms with Crippen LogP contribution in [0.5, 0.6) is 11.5 Å². The number of amides is 1. The summed E-state index contributed by atoms with van der Waals surface area (Å²) >= 11 is 0. The molecule has 0 radical (unpaired) electrons. The first-order chi connectivity index (χ1) is 10.4. The van der Waals surface area contributed by atoms with E-state index in [1.165, 1.54) is 12.0 Å². The molecule has 0 spiro atoms. The van der Waals surface area contributed by atoms with Crippen LogP contribution in [0.3, 0.4) is 0 Å². The van der Waals surface area contributed by atoms with Gasteiger partial charge in [-0.25, -0.2) is 0 Å². The summed E-state index contributed by atoms with van der Waals surface area (Å²) in [6.45, 7) is 4.27. The molecule has 0 saturated carbocycles. The third-order valence-corrected chi connectivity index (χ3v) is 3.53. The van der Waals surface area contributed by atoms with E-state index in [4.69, 9.17) is 0 Å². The fourth-order valence-electron chi connectivity index (χ4n) is 2.42. The van der Waals surface area contributed by atoms with Gasteiger partial charge in [0.25, 0.3) is 5.91 Å². The molecule has 0 aromatic heterocycles. The van der Waals surface area contributed by atoms with Gasteiger partial charge in [-0.15, -0.1) is 0 Å². The summed E-state index contributed by atoms with van der Waals surface area (Å²) in [5.41, 5.74) is 0.840. The van der Waals surface area contributed by atoms with Crippen LogP contribution in [0.1, 0.15) is 41.8 Å². The second kappa shape index (κ2) is 7.68. The third-order valence-electron chi connectivity index (χ3n) is 3.53. The van der Waals surface area contributed by atoms with Crippen molar-refractivity contribution in [1.29, 1.82) is 0 Å². The van der Waals surface area contributed by atoms with Crippen LogP contribution in [0.4, 0.5) is 0 Å². The lowest BCUT2D eigenvalue weighted by atomic mass is 9.93. The number of phenolic OH excluding ortho intramolecular Hbond substituents is 2. The average Bonchev–Trinajstić information content (AvgIpc) is 2.46. The number of hydrogen-bond acceptors (Lipinski definition) is 5. The minimum atomic E-state index is -0.535. The molecule has 0 bridgehead atoms. The topological polar surface area (TPSA) is 87.1 Å². The summed E-state index contributed by atoms with van der Waals surface area (Å²) in [7, 11) is 2.88. The number of hydrogen-bond donors (Lipinski definition) is 2. The summed E-state index contributed by atoms with van der Waals surface area (Å²) in [6.07, 6.45) is 1.02. The first kappa shape index (κ1) is 17.8. The van der Waals surface area contributed by atoms with Gasteiger partial charge in [0.05, 0.1) is 19.1 Å². The normalized spacial score (nSPS) is 10.4. The Morgan fingerprint density at radius 2 is 1.82 bits per heavy atom. The maximum atomic E-state index is 12.6. The maximum Gasteiger partial charge on any atom is 0.310 e. The van der Waals surface area contributed by atoms with Crippen LogP contribution < -0.4 is 0 Å². The second-order valence-electron chi connectivity index (χ2n) is 5.08. The fourth-order valence-corrected chi connectivity index (χ4v) is 2.42. The van der Waals surface area contributed by atoms with Crippen molar-refractivity contribution in [2.75, 3.05) is 20.7 Å². The van der Waals surface area contributed by atoms with Crippen molar-refractivity contribution in [3.63, 3.8) is 0 Å². The van der Waals surface area contributed by atoms with Gasteiger partial charge in [-0.2, -0.15) is 0 Å². The van der Waals surface area contributed by atoms with E-state index in [0.717, 1.165) is 12.5 Å². The molecule has 0 heterocycles. The first-order valence-corrected chi connectivity index (χ1v) is 7.26. The highest BCUT2D eigenvalue weighted by molar-refractivity contribution is 6.00. The molecule has 0 saturated heterocycles. The van der Waals surface area contributed by atoms with E-state index in [-0.39, 0.29) is 29.4 Å². The number of esters is 1. The maximum absolute atomic E-state index is 12.6. The van der Waals surface area contributed by atoms with Crippen molar-refractivity contribution in [3.8, 4) is 11.5 Å². The van der Waals surface area contributed by atoms with E-state index in [1.807, 2.05) is 6.92 Å². The van der Waals surface area contributed by atoms with Crippen molar-refractivity contribution in [2.24, 2.45) is 0 Å². The summed E-state index contributed by atoms with van der Waals surface area (Å²) in [5, 5.41) is 20.1. The third kappa shape index (κ3) is 3.69. The van der Waals surface area contributed by atoms with E-state index in [0.29, 0.717) is 24.1 Å². The van der Waals surface area contributed by atoms with Gasteiger partial charge < -0.3 is 19.8 Å². The molecular formula is C16H23NO5. The lowest BCUT2D eigenvalue weighted by Crippen LogP contribution is -2.29. The molecule has 1 aromatic carbocycles. The minimum Gasteiger partial charge on any atom is -0.508 e. The standard InChI is InChI=1S/C16H23NO5/c1-5-7-17(3)16(21)15-11(8-14(20)22-4)10(6-2)12(18)9-13(15)19/h9,18-19H,5-8H2,1-4H3. The Balaban J connectivity index is 3.46. The average molecular weight is 309 g/mol. The number of benzene rings is 1. The van der Waals surface area contributed by atoms with Gasteiger partial charge in [-0.3, -0.25) is 9.59 Å². The zero-order chi connectivity index (χ0) is 16.9. The number of aromatic hydroxyl groups is 2. The van der Waals surface area contributed by atoms with Gasteiger partial charge >= 0.3 is 5.97 Å². The molecular weight excluding hydrogens is 286 g/mol. The lowest BCUT2D eigenvalue weighted by molar-refractivity contribution is -0.139. The molecule has 0 aliphatic rings. The van der Waals surface area contributed by atoms with Gasteiger partial charge in [0.15, 0.2) is 0 Å². The Kier molecular flexibility index (Phi) is 6.22. The SMILES string of the molecule is CCCN(C)C(=O)c1c(O)cc(O)c(CC)c1CC(=O)OC. The molecule has 1 aromatic rings. The van der Waals surface area contributed by atoms with Gasteiger partial charge in [0.1, 0.15) is 11.5 Å². The molecule has 0 aliphatic heterocycles. The largest absolute Gasteiger partial charge is 0.508 e. The summed E-state index contributed by atoms with van der Waals surface area (Å²) in [6, 6.07) is 1.15. The number of ether oxygens (including phenoxy) is 1. The van der Waals surface area contributed by atoms with E-state index >= 15 is 0 Å². The predicted octanol–water partition coefficient (Wildman–Crippen LogP) is 1.86. The first-order valence-electron chi connectivity index (χ1n) is 7.26. The molecule has 1 amide bonds. The molecule has 2 N–H and O–H groups in total. The smallest absolute Gasteiger partial charge is 0.310 e. The Hall–Kier alpha value is -2.24. The highest BCUT2D eigenvalue weighted by atomic mass is 16.5. The summed E-state index contributed by atoms with van der Waals surface area (Å²) in [5.74, 6) is -1.38. The number of carbonyl (C=O) groups excluding carboxylic acids is 2. The monoisotopic (exact) mass is 309 g/mol. The van der Waals surface area contributed by atoms with Crippen LogP contribution in [-0.2, 0) is 22.4 Å². The molecule has 0 fully saturated rings. The molecule has 0 unspecified atom stereocenters. The quantitative estimate of drug-likeness (QED) is 0.783. The molecule has 1 rings (SSSR count). The van der Waals surface area contributed by atoms with Crippen LogP contribution in [-0.4, -0.2) is 47.7 Å². The molecule has 122 valence electrons. The molecule has 22 heavy (non-hydrogen) atoms. The lowest BCUT2D eigenvalue weighted by Gasteiger charge is -2.21.